The van der Waals surface area contributed by atoms with E-state index >= 15 is 0 Å². The maximum atomic E-state index is 8.51. The first-order valence-corrected chi connectivity index (χ1v) is 6.53. The highest BCUT2D eigenvalue weighted by Gasteiger charge is 2.14. The predicted molar refractivity (Wildman–Crippen MR) is 72.0 cm³/mol. The van der Waals surface area contributed by atoms with Crippen molar-refractivity contribution in [2.45, 2.75) is 5.16 Å². The van der Waals surface area contributed by atoms with Gasteiger partial charge in [-0.25, -0.2) is 4.68 Å². The Hall–Kier alpha value is -1.42. The second kappa shape index (κ2) is 5.48. The standard InChI is InChI=1S/C10H7Cl2N5S/c11-6-1-2-7(8(12)5-6)9-15-16-10(17(9)14)18-4-3-13/h1-2,5H,4,14H2. The first kappa shape index (κ1) is 13.0. The number of rotatable bonds is 3. The quantitative estimate of drug-likeness (QED) is 0.696. The fourth-order valence-electron chi connectivity index (χ4n) is 1.33. The van der Waals surface area contributed by atoms with Gasteiger partial charge >= 0.3 is 0 Å². The Bertz CT molecular complexity index is 619. The number of aromatic nitrogens is 3. The predicted octanol–water partition coefficient (Wildman–Crippen LogP) is 2.58. The van der Waals surface area contributed by atoms with Crippen molar-refractivity contribution < 1.29 is 0 Å². The van der Waals surface area contributed by atoms with Gasteiger partial charge in [0.1, 0.15) is 0 Å². The van der Waals surface area contributed by atoms with Crippen LogP contribution < -0.4 is 5.84 Å². The number of thioether (sulfide) groups is 1. The molecule has 8 heteroatoms. The summed E-state index contributed by atoms with van der Waals surface area (Å²) in [5, 5.41) is 17.8. The lowest BCUT2D eigenvalue weighted by Crippen LogP contribution is -2.11. The van der Waals surface area contributed by atoms with E-state index in [-0.39, 0.29) is 5.75 Å². The van der Waals surface area contributed by atoms with Crippen LogP contribution in [0.3, 0.4) is 0 Å². The number of nitrogens with two attached hydrogens (primary N) is 1. The first-order valence-electron chi connectivity index (χ1n) is 4.79. The maximum Gasteiger partial charge on any atom is 0.211 e. The second-order valence-corrected chi connectivity index (χ2v) is 5.03. The zero-order valence-electron chi connectivity index (χ0n) is 8.97. The van der Waals surface area contributed by atoms with Crippen LogP contribution in [0, 0.1) is 11.3 Å². The molecule has 92 valence electrons. The van der Waals surface area contributed by atoms with E-state index in [4.69, 9.17) is 34.3 Å². The smallest absolute Gasteiger partial charge is 0.211 e. The summed E-state index contributed by atoms with van der Waals surface area (Å²) < 4.78 is 1.30. The molecular weight excluding hydrogens is 293 g/mol. The number of halogens is 2. The van der Waals surface area contributed by atoms with Crippen LogP contribution in [0.4, 0.5) is 0 Å². The summed E-state index contributed by atoms with van der Waals surface area (Å²) in [5.74, 6) is 6.53. The van der Waals surface area contributed by atoms with Gasteiger partial charge in [0.05, 0.1) is 16.8 Å². The third-order valence-electron chi connectivity index (χ3n) is 2.10. The van der Waals surface area contributed by atoms with Crippen LogP contribution in [-0.2, 0) is 0 Å². The molecule has 0 unspecified atom stereocenters. The summed E-state index contributed by atoms with van der Waals surface area (Å²) in [6.45, 7) is 0. The Morgan fingerprint density at radius 2 is 2.17 bits per heavy atom. The van der Waals surface area contributed by atoms with E-state index in [0.717, 1.165) is 0 Å². The van der Waals surface area contributed by atoms with E-state index < -0.39 is 0 Å². The summed E-state index contributed by atoms with van der Waals surface area (Å²) in [6, 6.07) is 7.01. The molecule has 1 aromatic carbocycles. The van der Waals surface area contributed by atoms with Gasteiger partial charge in [-0.2, -0.15) is 5.26 Å². The summed E-state index contributed by atoms with van der Waals surface area (Å²) >= 11 is 13.1. The number of benzene rings is 1. The monoisotopic (exact) mass is 299 g/mol. The van der Waals surface area contributed by atoms with Crippen LogP contribution in [0.2, 0.25) is 10.0 Å². The van der Waals surface area contributed by atoms with Gasteiger partial charge < -0.3 is 5.84 Å². The fraction of sp³-hybridized carbons (Fsp3) is 0.100. The molecule has 0 saturated carbocycles. The molecule has 0 saturated heterocycles. The molecule has 0 radical (unpaired) electrons. The van der Waals surface area contributed by atoms with Crippen molar-refractivity contribution in [2.24, 2.45) is 0 Å². The number of hydrogen-bond acceptors (Lipinski definition) is 5. The van der Waals surface area contributed by atoms with Crippen molar-refractivity contribution in [1.29, 1.82) is 5.26 Å². The molecule has 1 aromatic heterocycles. The van der Waals surface area contributed by atoms with E-state index in [9.17, 15) is 0 Å². The minimum Gasteiger partial charge on any atom is -0.335 e. The molecule has 2 aromatic rings. The highest BCUT2D eigenvalue weighted by Crippen LogP contribution is 2.29. The van der Waals surface area contributed by atoms with Crippen molar-refractivity contribution in [2.75, 3.05) is 11.6 Å². The van der Waals surface area contributed by atoms with Crippen LogP contribution in [0.1, 0.15) is 0 Å². The SMILES string of the molecule is N#CCSc1nnc(-c2ccc(Cl)cc2Cl)n1N. The zero-order valence-corrected chi connectivity index (χ0v) is 11.3. The molecule has 0 aliphatic heterocycles. The molecule has 5 nitrogen and oxygen atoms in total. The van der Waals surface area contributed by atoms with Crippen LogP contribution in [0.15, 0.2) is 23.4 Å². The summed E-state index contributed by atoms with van der Waals surface area (Å²) in [5.41, 5.74) is 0.639. The Kier molecular flexibility index (Phi) is 3.97. The normalized spacial score (nSPS) is 10.3. The van der Waals surface area contributed by atoms with E-state index in [1.807, 2.05) is 6.07 Å². The van der Waals surface area contributed by atoms with E-state index in [0.29, 0.717) is 26.6 Å². The molecule has 2 N–H and O–H groups in total. The largest absolute Gasteiger partial charge is 0.335 e. The maximum absolute atomic E-state index is 8.51. The molecule has 0 aliphatic carbocycles. The highest BCUT2D eigenvalue weighted by atomic mass is 35.5. The van der Waals surface area contributed by atoms with Crippen molar-refractivity contribution in [3.63, 3.8) is 0 Å². The lowest BCUT2D eigenvalue weighted by molar-refractivity contribution is 0.851. The lowest BCUT2D eigenvalue weighted by atomic mass is 10.2. The van der Waals surface area contributed by atoms with Crippen molar-refractivity contribution in [3.8, 4) is 17.5 Å². The van der Waals surface area contributed by atoms with Gasteiger partial charge in [-0.1, -0.05) is 35.0 Å². The molecular formula is C10H7Cl2N5S. The Labute approximate surface area is 117 Å². The molecule has 0 atom stereocenters. The third kappa shape index (κ3) is 2.53. The van der Waals surface area contributed by atoms with Crippen molar-refractivity contribution in [1.82, 2.24) is 14.9 Å². The van der Waals surface area contributed by atoms with Crippen LogP contribution in [0.25, 0.3) is 11.4 Å². The Morgan fingerprint density at radius 3 is 2.83 bits per heavy atom. The van der Waals surface area contributed by atoms with Gasteiger partial charge in [-0.15, -0.1) is 10.2 Å². The molecule has 0 fully saturated rings. The average Bonchev–Trinajstić information content (AvgIpc) is 2.68. The Balaban J connectivity index is 2.40. The number of hydrogen-bond donors (Lipinski definition) is 1. The molecule has 2 rings (SSSR count). The third-order valence-corrected chi connectivity index (χ3v) is 3.46. The molecule has 0 aliphatic rings. The van der Waals surface area contributed by atoms with Crippen LogP contribution >= 0.6 is 35.0 Å². The van der Waals surface area contributed by atoms with E-state index in [1.165, 1.54) is 16.4 Å². The second-order valence-electron chi connectivity index (χ2n) is 3.25. The van der Waals surface area contributed by atoms with Gasteiger partial charge in [0, 0.05) is 10.6 Å². The minimum atomic E-state index is 0.254. The van der Waals surface area contributed by atoms with Gasteiger partial charge in [0.2, 0.25) is 5.16 Å². The molecule has 0 amide bonds. The van der Waals surface area contributed by atoms with Gasteiger partial charge in [0.15, 0.2) is 5.82 Å². The van der Waals surface area contributed by atoms with Crippen molar-refractivity contribution in [3.05, 3.63) is 28.2 Å². The van der Waals surface area contributed by atoms with E-state index in [1.54, 1.807) is 18.2 Å². The Morgan fingerprint density at radius 1 is 1.39 bits per heavy atom. The van der Waals surface area contributed by atoms with E-state index in [2.05, 4.69) is 10.2 Å². The van der Waals surface area contributed by atoms with Gasteiger partial charge in [0.25, 0.3) is 0 Å². The molecule has 0 spiro atoms. The summed E-state index contributed by atoms with van der Waals surface area (Å²) in [7, 11) is 0. The number of nitriles is 1. The molecule has 0 bridgehead atoms. The summed E-state index contributed by atoms with van der Waals surface area (Å²) in [4.78, 5) is 0. The topological polar surface area (TPSA) is 80.5 Å². The van der Waals surface area contributed by atoms with Crippen LogP contribution in [-0.4, -0.2) is 20.6 Å². The lowest BCUT2D eigenvalue weighted by Gasteiger charge is -2.04. The minimum absolute atomic E-state index is 0.254. The van der Waals surface area contributed by atoms with Crippen molar-refractivity contribution >= 4 is 35.0 Å². The van der Waals surface area contributed by atoms with Gasteiger partial charge in [-0.3, -0.25) is 0 Å². The number of nitrogen functional groups attached to an aromatic ring is 1. The highest BCUT2D eigenvalue weighted by molar-refractivity contribution is 7.99. The molecule has 18 heavy (non-hydrogen) atoms. The first-order chi connectivity index (χ1) is 8.63. The fourth-order valence-corrected chi connectivity index (χ4v) is 2.34. The zero-order chi connectivity index (χ0) is 13.1. The summed E-state index contributed by atoms with van der Waals surface area (Å²) in [6.07, 6.45) is 0. The van der Waals surface area contributed by atoms with Gasteiger partial charge in [-0.05, 0) is 18.2 Å². The number of nitrogens with zero attached hydrogens (tertiary/aromatic N) is 4. The average molecular weight is 300 g/mol. The molecule has 1 heterocycles. The van der Waals surface area contributed by atoms with Crippen LogP contribution in [0.5, 0.6) is 0 Å².